The molecule has 1 heterocycles. The molecular weight excluding hydrogens is 424 g/mol. The third-order valence-electron chi connectivity index (χ3n) is 5.41. The number of hydrogen-bond acceptors (Lipinski definition) is 4. The van der Waals surface area contributed by atoms with E-state index < -0.39 is 15.6 Å². The average molecular weight is 451 g/mol. The third kappa shape index (κ3) is 4.78. The van der Waals surface area contributed by atoms with Crippen molar-refractivity contribution in [1.29, 1.82) is 0 Å². The molecule has 0 radical (unpaired) electrons. The minimum atomic E-state index is -3.70. The van der Waals surface area contributed by atoms with Gasteiger partial charge < -0.3 is 10.1 Å². The lowest BCUT2D eigenvalue weighted by molar-refractivity contribution is 0.0619. The first-order valence-corrected chi connectivity index (χ1v) is 11.9. The van der Waals surface area contributed by atoms with Crippen LogP contribution >= 0.6 is 0 Å². The Labute approximate surface area is 188 Å². The number of sulfonamides is 1. The summed E-state index contributed by atoms with van der Waals surface area (Å²) >= 11 is 0. The molecule has 32 heavy (non-hydrogen) atoms. The zero-order valence-electron chi connectivity index (χ0n) is 18.3. The van der Waals surface area contributed by atoms with Gasteiger partial charge >= 0.3 is 0 Å². The Kier molecular flexibility index (Phi) is 5.69. The van der Waals surface area contributed by atoms with Crippen molar-refractivity contribution < 1.29 is 17.9 Å². The summed E-state index contributed by atoms with van der Waals surface area (Å²) in [4.78, 5) is 13.1. The monoisotopic (exact) mass is 450 g/mol. The summed E-state index contributed by atoms with van der Waals surface area (Å²) in [5.41, 5.74) is 2.37. The highest BCUT2D eigenvalue weighted by molar-refractivity contribution is 7.92. The lowest BCUT2D eigenvalue weighted by Crippen LogP contribution is -2.41. The van der Waals surface area contributed by atoms with E-state index in [0.717, 1.165) is 16.9 Å². The Morgan fingerprint density at radius 3 is 2.31 bits per heavy atom. The first-order chi connectivity index (χ1) is 15.1. The van der Waals surface area contributed by atoms with Crippen molar-refractivity contribution in [2.24, 2.45) is 0 Å². The number of carbonyl (C=O) groups excluding carboxylic acids is 1. The Balaban J connectivity index is 1.47. The van der Waals surface area contributed by atoms with E-state index in [4.69, 9.17) is 4.74 Å². The van der Waals surface area contributed by atoms with E-state index in [-0.39, 0.29) is 16.8 Å². The van der Waals surface area contributed by atoms with Crippen LogP contribution < -0.4 is 14.8 Å². The van der Waals surface area contributed by atoms with Crippen LogP contribution in [0.4, 0.5) is 5.69 Å². The molecule has 2 N–H and O–H groups in total. The number of hydrogen-bond donors (Lipinski definition) is 2. The fourth-order valence-corrected chi connectivity index (χ4v) is 4.85. The molecule has 1 atom stereocenters. The summed E-state index contributed by atoms with van der Waals surface area (Å²) in [6, 6.07) is 20.5. The second kappa shape index (κ2) is 8.31. The SMILES string of the molecule is Cc1ccc(S(=O)(=O)Nc2ccc(C(=O)N[C@@H]3CC(C)(C)Oc4ccccc43)cc2)cc1. The predicted molar refractivity (Wildman–Crippen MR) is 124 cm³/mol. The maximum atomic E-state index is 12.9. The van der Waals surface area contributed by atoms with Crippen LogP contribution in [0.1, 0.15) is 47.8 Å². The number of amides is 1. The fraction of sp³-hybridized carbons (Fsp3) is 0.240. The molecule has 1 aliphatic heterocycles. The molecule has 6 nitrogen and oxygen atoms in total. The molecule has 166 valence electrons. The molecule has 0 unspecified atom stereocenters. The van der Waals surface area contributed by atoms with Gasteiger partial charge in [0.15, 0.2) is 0 Å². The first-order valence-electron chi connectivity index (χ1n) is 10.4. The molecule has 1 aliphatic rings. The van der Waals surface area contributed by atoms with Gasteiger partial charge in [-0.25, -0.2) is 8.42 Å². The average Bonchev–Trinajstić information content (AvgIpc) is 2.73. The number of benzene rings is 3. The summed E-state index contributed by atoms with van der Waals surface area (Å²) < 4.78 is 33.7. The van der Waals surface area contributed by atoms with Crippen LogP contribution in [-0.2, 0) is 10.0 Å². The van der Waals surface area contributed by atoms with E-state index in [9.17, 15) is 13.2 Å². The van der Waals surface area contributed by atoms with Gasteiger partial charge in [-0.2, -0.15) is 0 Å². The van der Waals surface area contributed by atoms with E-state index in [1.54, 1.807) is 48.5 Å². The summed E-state index contributed by atoms with van der Waals surface area (Å²) in [6.07, 6.45) is 0.643. The van der Waals surface area contributed by atoms with Gasteiger partial charge in [-0.15, -0.1) is 0 Å². The molecule has 0 saturated heterocycles. The maximum absolute atomic E-state index is 12.9. The van der Waals surface area contributed by atoms with Crippen LogP contribution in [0, 0.1) is 6.92 Å². The van der Waals surface area contributed by atoms with E-state index in [1.807, 2.05) is 45.0 Å². The number of carbonyl (C=O) groups is 1. The number of nitrogens with one attached hydrogen (secondary N) is 2. The van der Waals surface area contributed by atoms with Gasteiger partial charge in [0.2, 0.25) is 0 Å². The molecular formula is C25H26N2O4S. The molecule has 0 fully saturated rings. The van der Waals surface area contributed by atoms with Gasteiger partial charge in [0.05, 0.1) is 10.9 Å². The molecule has 7 heteroatoms. The van der Waals surface area contributed by atoms with Crippen LogP contribution in [0.2, 0.25) is 0 Å². The zero-order chi connectivity index (χ0) is 22.9. The molecule has 0 bridgehead atoms. The van der Waals surface area contributed by atoms with Crippen molar-refractivity contribution in [3.05, 3.63) is 89.5 Å². The van der Waals surface area contributed by atoms with E-state index in [1.165, 1.54) is 0 Å². The predicted octanol–water partition coefficient (Wildman–Crippen LogP) is 4.83. The zero-order valence-corrected chi connectivity index (χ0v) is 19.1. The van der Waals surface area contributed by atoms with Crippen LogP contribution in [0.25, 0.3) is 0 Å². The minimum Gasteiger partial charge on any atom is -0.487 e. The van der Waals surface area contributed by atoms with Gasteiger partial charge in [-0.05, 0) is 63.2 Å². The molecule has 0 aliphatic carbocycles. The normalized spacial score (nSPS) is 17.0. The van der Waals surface area contributed by atoms with Crippen molar-refractivity contribution in [2.75, 3.05) is 4.72 Å². The second-order valence-corrected chi connectivity index (χ2v) is 10.3. The number of ether oxygens (including phenoxy) is 1. The molecule has 1 amide bonds. The first kappa shape index (κ1) is 21.9. The van der Waals surface area contributed by atoms with Crippen molar-refractivity contribution in [1.82, 2.24) is 5.32 Å². The Hall–Kier alpha value is -3.32. The lowest BCUT2D eigenvalue weighted by Gasteiger charge is -2.37. The molecule has 0 saturated carbocycles. The van der Waals surface area contributed by atoms with E-state index in [0.29, 0.717) is 17.7 Å². The van der Waals surface area contributed by atoms with Crippen molar-refractivity contribution >= 4 is 21.6 Å². The number of fused-ring (bicyclic) bond motifs is 1. The summed E-state index contributed by atoms with van der Waals surface area (Å²) in [5.74, 6) is 0.547. The second-order valence-electron chi connectivity index (χ2n) is 8.63. The highest BCUT2D eigenvalue weighted by Gasteiger charge is 2.34. The topological polar surface area (TPSA) is 84.5 Å². The van der Waals surface area contributed by atoms with Crippen molar-refractivity contribution in [3.63, 3.8) is 0 Å². The number of rotatable bonds is 5. The van der Waals surface area contributed by atoms with Crippen molar-refractivity contribution in [2.45, 2.75) is 43.7 Å². The number of para-hydroxylation sites is 1. The summed E-state index contributed by atoms with van der Waals surface area (Å²) in [5, 5.41) is 3.09. The Morgan fingerprint density at radius 1 is 0.969 bits per heavy atom. The van der Waals surface area contributed by atoms with Crippen LogP contribution in [0.15, 0.2) is 77.7 Å². The largest absolute Gasteiger partial charge is 0.487 e. The smallest absolute Gasteiger partial charge is 0.261 e. The van der Waals surface area contributed by atoms with Gasteiger partial charge in [0.25, 0.3) is 15.9 Å². The quantitative estimate of drug-likeness (QED) is 0.583. The van der Waals surface area contributed by atoms with Crippen LogP contribution in [0.3, 0.4) is 0 Å². The summed E-state index contributed by atoms with van der Waals surface area (Å²) in [6.45, 7) is 5.89. The third-order valence-corrected chi connectivity index (χ3v) is 6.81. The van der Waals surface area contributed by atoms with Crippen molar-refractivity contribution in [3.8, 4) is 5.75 Å². The van der Waals surface area contributed by atoms with Gasteiger partial charge in [0.1, 0.15) is 11.4 Å². The number of anilines is 1. The van der Waals surface area contributed by atoms with Crippen LogP contribution in [0.5, 0.6) is 5.75 Å². The molecule has 3 aromatic rings. The van der Waals surface area contributed by atoms with Gasteiger partial charge in [-0.3, -0.25) is 9.52 Å². The molecule has 4 rings (SSSR count). The molecule has 0 aromatic heterocycles. The number of aryl methyl sites for hydroxylation is 1. The highest BCUT2D eigenvalue weighted by Crippen LogP contribution is 2.39. The maximum Gasteiger partial charge on any atom is 0.261 e. The molecule has 3 aromatic carbocycles. The Morgan fingerprint density at radius 2 is 1.62 bits per heavy atom. The Bertz CT molecular complexity index is 1230. The van der Waals surface area contributed by atoms with E-state index >= 15 is 0 Å². The van der Waals surface area contributed by atoms with Crippen LogP contribution in [-0.4, -0.2) is 19.9 Å². The highest BCUT2D eigenvalue weighted by atomic mass is 32.2. The van der Waals surface area contributed by atoms with E-state index in [2.05, 4.69) is 10.0 Å². The summed E-state index contributed by atoms with van der Waals surface area (Å²) in [7, 11) is -3.70. The van der Waals surface area contributed by atoms with Gasteiger partial charge in [0, 0.05) is 23.2 Å². The standard InChI is InChI=1S/C25H26N2O4S/c1-17-8-14-20(15-9-17)32(29,30)27-19-12-10-18(11-13-19)24(28)26-22-16-25(2,3)31-23-7-5-4-6-21(22)23/h4-15,22,27H,16H2,1-3H3,(H,26,28)/t22-/m1/s1. The lowest BCUT2D eigenvalue weighted by atomic mass is 9.89. The fourth-order valence-electron chi connectivity index (χ4n) is 3.79. The molecule has 0 spiro atoms. The minimum absolute atomic E-state index is 0.179. The van der Waals surface area contributed by atoms with Gasteiger partial charge in [-0.1, -0.05) is 35.9 Å².